The van der Waals surface area contributed by atoms with Crippen LogP contribution in [0.4, 0.5) is 5.69 Å². The van der Waals surface area contributed by atoms with E-state index in [1.54, 1.807) is 0 Å². The van der Waals surface area contributed by atoms with E-state index < -0.39 is 0 Å². The van der Waals surface area contributed by atoms with Gasteiger partial charge in [-0.25, -0.2) is 0 Å². The first kappa shape index (κ1) is 13.6. The van der Waals surface area contributed by atoms with Crippen molar-refractivity contribution in [1.82, 2.24) is 10.1 Å². The lowest BCUT2D eigenvalue weighted by Gasteiger charge is -2.17. The van der Waals surface area contributed by atoms with Gasteiger partial charge in [0, 0.05) is 24.6 Å². The van der Waals surface area contributed by atoms with Crippen LogP contribution in [-0.2, 0) is 24.2 Å². The fourth-order valence-electron chi connectivity index (χ4n) is 2.26. The standard InChI is InChI=1S/C15H17N3O3/c1-2-3-13-17-15(21-18-13)9-20-11-6-4-10-5-7-14(19)16-12(10)8-11/h4,6,8H,2-3,5,7,9H2,1H3,(H,16,19). The second-order valence-corrected chi connectivity index (χ2v) is 5.01. The summed E-state index contributed by atoms with van der Waals surface area (Å²) in [6.07, 6.45) is 3.08. The zero-order valence-corrected chi connectivity index (χ0v) is 11.9. The lowest BCUT2D eigenvalue weighted by molar-refractivity contribution is -0.116. The number of anilines is 1. The quantitative estimate of drug-likeness (QED) is 0.914. The number of aromatic nitrogens is 2. The minimum atomic E-state index is 0.0424. The Bertz CT molecular complexity index is 651. The van der Waals surface area contributed by atoms with E-state index in [9.17, 15) is 4.79 Å². The van der Waals surface area contributed by atoms with Crippen LogP contribution in [0.2, 0.25) is 0 Å². The Balaban J connectivity index is 1.65. The van der Waals surface area contributed by atoms with Crippen LogP contribution in [0.25, 0.3) is 0 Å². The van der Waals surface area contributed by atoms with Crippen molar-refractivity contribution >= 4 is 11.6 Å². The van der Waals surface area contributed by atoms with Crippen molar-refractivity contribution in [3.05, 3.63) is 35.5 Å². The van der Waals surface area contributed by atoms with Crippen LogP contribution in [0.5, 0.6) is 5.75 Å². The molecule has 6 heteroatoms. The third-order valence-electron chi connectivity index (χ3n) is 3.32. The number of fused-ring (bicyclic) bond motifs is 1. The lowest BCUT2D eigenvalue weighted by Crippen LogP contribution is -2.18. The van der Waals surface area contributed by atoms with Gasteiger partial charge in [-0.1, -0.05) is 18.1 Å². The molecule has 0 atom stereocenters. The molecule has 110 valence electrons. The monoisotopic (exact) mass is 287 g/mol. The van der Waals surface area contributed by atoms with Crippen molar-refractivity contribution in [3.8, 4) is 5.75 Å². The van der Waals surface area contributed by atoms with Crippen LogP contribution in [0.15, 0.2) is 22.7 Å². The van der Waals surface area contributed by atoms with Crippen molar-refractivity contribution in [2.24, 2.45) is 0 Å². The summed E-state index contributed by atoms with van der Waals surface area (Å²) in [6, 6.07) is 5.69. The van der Waals surface area contributed by atoms with Crippen LogP contribution >= 0.6 is 0 Å². The second-order valence-electron chi connectivity index (χ2n) is 5.01. The van der Waals surface area contributed by atoms with Gasteiger partial charge in [0.05, 0.1) is 0 Å². The predicted molar refractivity (Wildman–Crippen MR) is 76.0 cm³/mol. The molecular formula is C15H17N3O3. The van der Waals surface area contributed by atoms with Crippen LogP contribution in [-0.4, -0.2) is 16.0 Å². The van der Waals surface area contributed by atoms with Crippen LogP contribution < -0.4 is 10.1 Å². The molecule has 0 fully saturated rings. The van der Waals surface area contributed by atoms with Gasteiger partial charge in [0.15, 0.2) is 12.4 Å². The number of amides is 1. The molecule has 0 saturated heterocycles. The summed E-state index contributed by atoms with van der Waals surface area (Å²) in [5, 5.41) is 6.72. The highest BCUT2D eigenvalue weighted by atomic mass is 16.5. The Morgan fingerprint density at radius 2 is 2.29 bits per heavy atom. The van der Waals surface area contributed by atoms with Gasteiger partial charge in [0.2, 0.25) is 5.91 Å². The Kier molecular flexibility index (Phi) is 3.85. The van der Waals surface area contributed by atoms with Crippen molar-refractivity contribution in [2.45, 2.75) is 39.2 Å². The Morgan fingerprint density at radius 3 is 3.14 bits per heavy atom. The maximum atomic E-state index is 11.4. The molecule has 1 aromatic carbocycles. The molecule has 0 saturated carbocycles. The molecule has 1 aliphatic rings. The van der Waals surface area contributed by atoms with E-state index in [-0.39, 0.29) is 12.5 Å². The Morgan fingerprint density at radius 1 is 1.38 bits per heavy atom. The Labute approximate surface area is 122 Å². The Hall–Kier alpha value is -2.37. The van der Waals surface area contributed by atoms with Crippen molar-refractivity contribution < 1.29 is 14.1 Å². The SMILES string of the molecule is CCCc1noc(COc2ccc3c(c2)NC(=O)CC3)n1. The van der Waals surface area contributed by atoms with E-state index in [2.05, 4.69) is 22.4 Å². The summed E-state index contributed by atoms with van der Waals surface area (Å²) in [5.74, 6) is 1.88. The van der Waals surface area contributed by atoms with Gasteiger partial charge in [-0.3, -0.25) is 4.79 Å². The topological polar surface area (TPSA) is 77.3 Å². The number of rotatable bonds is 5. The number of ether oxygens (including phenoxy) is 1. The molecule has 2 aromatic rings. The molecule has 1 aliphatic heterocycles. The van der Waals surface area contributed by atoms with Crippen molar-refractivity contribution in [3.63, 3.8) is 0 Å². The first-order valence-electron chi connectivity index (χ1n) is 7.11. The minimum Gasteiger partial charge on any atom is -0.484 e. The zero-order chi connectivity index (χ0) is 14.7. The van der Waals surface area contributed by atoms with Crippen LogP contribution in [0.3, 0.4) is 0 Å². The highest BCUT2D eigenvalue weighted by Crippen LogP contribution is 2.27. The van der Waals surface area contributed by atoms with E-state index in [0.29, 0.717) is 23.9 Å². The number of carbonyl (C=O) groups is 1. The first-order chi connectivity index (χ1) is 10.2. The van der Waals surface area contributed by atoms with Gasteiger partial charge < -0.3 is 14.6 Å². The molecule has 21 heavy (non-hydrogen) atoms. The molecule has 1 N–H and O–H groups in total. The molecule has 0 bridgehead atoms. The number of nitrogens with zero attached hydrogens (tertiary/aromatic N) is 2. The minimum absolute atomic E-state index is 0.0424. The molecule has 0 radical (unpaired) electrons. The van der Waals surface area contributed by atoms with Gasteiger partial charge in [-0.15, -0.1) is 0 Å². The summed E-state index contributed by atoms with van der Waals surface area (Å²) in [7, 11) is 0. The maximum Gasteiger partial charge on any atom is 0.264 e. The van der Waals surface area contributed by atoms with Crippen molar-refractivity contribution in [2.75, 3.05) is 5.32 Å². The lowest BCUT2D eigenvalue weighted by atomic mass is 10.0. The number of hydrogen-bond acceptors (Lipinski definition) is 5. The number of nitrogens with one attached hydrogen (secondary N) is 1. The zero-order valence-electron chi connectivity index (χ0n) is 11.9. The van der Waals surface area contributed by atoms with E-state index in [1.165, 1.54) is 0 Å². The molecule has 0 aliphatic carbocycles. The third kappa shape index (κ3) is 3.21. The fourth-order valence-corrected chi connectivity index (χ4v) is 2.26. The van der Waals surface area contributed by atoms with Gasteiger partial charge in [-0.05, 0) is 24.5 Å². The smallest absolute Gasteiger partial charge is 0.264 e. The van der Waals surface area contributed by atoms with E-state index >= 15 is 0 Å². The van der Waals surface area contributed by atoms with Crippen molar-refractivity contribution in [1.29, 1.82) is 0 Å². The molecule has 6 nitrogen and oxygen atoms in total. The fraction of sp³-hybridized carbons (Fsp3) is 0.400. The normalized spacial score (nSPS) is 13.7. The molecule has 1 amide bonds. The average Bonchev–Trinajstić information content (AvgIpc) is 2.93. The largest absolute Gasteiger partial charge is 0.484 e. The van der Waals surface area contributed by atoms with E-state index in [1.807, 2.05) is 18.2 Å². The maximum absolute atomic E-state index is 11.4. The average molecular weight is 287 g/mol. The molecule has 2 heterocycles. The molecule has 1 aromatic heterocycles. The third-order valence-corrected chi connectivity index (χ3v) is 3.32. The predicted octanol–water partition coefficient (Wildman–Crippen LogP) is 2.49. The van der Waals surface area contributed by atoms with Crippen LogP contribution in [0, 0.1) is 0 Å². The molecular weight excluding hydrogens is 270 g/mol. The summed E-state index contributed by atoms with van der Waals surface area (Å²) < 4.78 is 10.8. The molecule has 0 spiro atoms. The van der Waals surface area contributed by atoms with Gasteiger partial charge in [-0.2, -0.15) is 4.98 Å². The summed E-state index contributed by atoms with van der Waals surface area (Å²) in [4.78, 5) is 15.6. The van der Waals surface area contributed by atoms with E-state index in [4.69, 9.17) is 9.26 Å². The molecule has 3 rings (SSSR count). The summed E-state index contributed by atoms with van der Waals surface area (Å²) in [6.45, 7) is 2.29. The van der Waals surface area contributed by atoms with Gasteiger partial charge in [0.1, 0.15) is 5.75 Å². The number of carbonyl (C=O) groups excluding carboxylic acids is 1. The van der Waals surface area contributed by atoms with Gasteiger partial charge in [0.25, 0.3) is 5.89 Å². The summed E-state index contributed by atoms with van der Waals surface area (Å²) >= 11 is 0. The highest BCUT2D eigenvalue weighted by Gasteiger charge is 2.15. The second kappa shape index (κ2) is 5.95. The van der Waals surface area contributed by atoms with E-state index in [0.717, 1.165) is 30.5 Å². The highest BCUT2D eigenvalue weighted by molar-refractivity contribution is 5.94. The van der Waals surface area contributed by atoms with Gasteiger partial charge >= 0.3 is 0 Å². The first-order valence-corrected chi connectivity index (χ1v) is 7.11. The number of aryl methyl sites for hydroxylation is 2. The number of hydrogen-bond donors (Lipinski definition) is 1. The number of benzene rings is 1. The summed E-state index contributed by atoms with van der Waals surface area (Å²) in [5.41, 5.74) is 1.95. The van der Waals surface area contributed by atoms with Crippen LogP contribution in [0.1, 0.15) is 37.0 Å². The molecule has 0 unspecified atom stereocenters.